The van der Waals surface area contributed by atoms with Gasteiger partial charge >= 0.3 is 0 Å². The lowest BCUT2D eigenvalue weighted by Crippen LogP contribution is -2.46. The molecule has 1 heterocycles. The number of sulfonamides is 2. The normalized spacial score (nSPS) is 17.3. The molecule has 0 spiro atoms. The molecule has 1 amide bonds. The quantitative estimate of drug-likeness (QED) is 0.511. The molecule has 1 aliphatic rings. The average Bonchev–Trinajstić information content (AvgIpc) is 3.28. The van der Waals surface area contributed by atoms with Crippen molar-refractivity contribution in [3.05, 3.63) is 53.6 Å². The topological polar surface area (TPSA) is 113 Å². The maximum absolute atomic E-state index is 12.9. The lowest BCUT2D eigenvalue weighted by Gasteiger charge is -2.23. The third-order valence-electron chi connectivity index (χ3n) is 5.20. The van der Waals surface area contributed by atoms with Gasteiger partial charge in [0.1, 0.15) is 18.4 Å². The van der Waals surface area contributed by atoms with E-state index in [-0.39, 0.29) is 35.4 Å². The maximum atomic E-state index is 12.9. The van der Waals surface area contributed by atoms with Crippen molar-refractivity contribution in [1.29, 1.82) is 0 Å². The van der Waals surface area contributed by atoms with Crippen LogP contribution in [0.1, 0.15) is 12.8 Å². The second kappa shape index (κ2) is 10.4. The van der Waals surface area contributed by atoms with Gasteiger partial charge in [-0.05, 0) is 61.4 Å². The molecule has 1 aliphatic heterocycles. The Morgan fingerprint density at radius 3 is 2.27 bits per heavy atom. The highest BCUT2D eigenvalue weighted by atomic mass is 35.5. The number of carbonyl (C=O) groups is 1. The van der Waals surface area contributed by atoms with Crippen molar-refractivity contribution in [2.24, 2.45) is 0 Å². The maximum Gasteiger partial charge on any atom is 0.243 e. The summed E-state index contributed by atoms with van der Waals surface area (Å²) in [6, 6.07) is 11.0. The van der Waals surface area contributed by atoms with Crippen LogP contribution >= 0.6 is 11.6 Å². The molecule has 0 aromatic heterocycles. The molecule has 0 bridgehead atoms. The van der Waals surface area contributed by atoms with Crippen LogP contribution in [0.25, 0.3) is 0 Å². The SMILES string of the molecule is CN(C)S(=O)(=O)c1ccc(OCCNC(=O)[C@H]2CCCN2S(=O)(=O)c2ccc(Cl)cc2)cc1. The molecule has 1 fully saturated rings. The van der Waals surface area contributed by atoms with Gasteiger partial charge in [0.05, 0.1) is 16.3 Å². The van der Waals surface area contributed by atoms with Crippen molar-refractivity contribution in [1.82, 2.24) is 13.9 Å². The Balaban J connectivity index is 1.54. The van der Waals surface area contributed by atoms with Crippen molar-refractivity contribution in [3.8, 4) is 5.75 Å². The van der Waals surface area contributed by atoms with Crippen molar-refractivity contribution < 1.29 is 26.4 Å². The van der Waals surface area contributed by atoms with Crippen LogP contribution in [-0.4, -0.2) is 71.2 Å². The highest BCUT2D eigenvalue weighted by Crippen LogP contribution is 2.27. The number of halogens is 1. The zero-order valence-corrected chi connectivity index (χ0v) is 20.7. The largest absolute Gasteiger partial charge is 0.492 e. The minimum absolute atomic E-state index is 0.0923. The summed E-state index contributed by atoms with van der Waals surface area (Å²) in [5.74, 6) is 0.0656. The molecular weight excluding hydrogens is 490 g/mol. The van der Waals surface area contributed by atoms with Crippen LogP contribution in [0, 0.1) is 0 Å². The van der Waals surface area contributed by atoms with E-state index in [1.165, 1.54) is 66.9 Å². The number of carbonyl (C=O) groups excluding carboxylic acids is 1. The Morgan fingerprint density at radius 1 is 1.06 bits per heavy atom. The first-order chi connectivity index (χ1) is 15.5. The highest BCUT2D eigenvalue weighted by Gasteiger charge is 2.39. The number of hydrogen-bond donors (Lipinski definition) is 1. The molecule has 2 aromatic carbocycles. The van der Waals surface area contributed by atoms with E-state index in [0.717, 1.165) is 4.31 Å². The molecular formula is C21H26ClN3O6S2. The lowest BCUT2D eigenvalue weighted by molar-refractivity contribution is -0.124. The van der Waals surface area contributed by atoms with E-state index >= 15 is 0 Å². The number of nitrogens with one attached hydrogen (secondary N) is 1. The van der Waals surface area contributed by atoms with Gasteiger partial charge < -0.3 is 10.1 Å². The first kappa shape index (κ1) is 25.4. The molecule has 3 rings (SSSR count). The Labute approximate surface area is 199 Å². The van der Waals surface area contributed by atoms with E-state index in [2.05, 4.69) is 5.32 Å². The summed E-state index contributed by atoms with van der Waals surface area (Å²) >= 11 is 5.84. The van der Waals surface area contributed by atoms with Crippen molar-refractivity contribution >= 4 is 37.6 Å². The minimum atomic E-state index is -3.82. The molecule has 180 valence electrons. The smallest absolute Gasteiger partial charge is 0.243 e. The number of ether oxygens (including phenoxy) is 1. The first-order valence-corrected chi connectivity index (χ1v) is 13.5. The molecule has 0 saturated carbocycles. The van der Waals surface area contributed by atoms with Gasteiger partial charge in [0.25, 0.3) is 0 Å². The molecule has 1 atom stereocenters. The molecule has 1 N–H and O–H groups in total. The predicted molar refractivity (Wildman–Crippen MR) is 124 cm³/mol. The Morgan fingerprint density at radius 2 is 1.67 bits per heavy atom. The number of hydrogen-bond acceptors (Lipinski definition) is 6. The van der Waals surface area contributed by atoms with Gasteiger partial charge in [-0.25, -0.2) is 21.1 Å². The zero-order chi connectivity index (χ0) is 24.2. The second-order valence-electron chi connectivity index (χ2n) is 7.63. The molecule has 9 nitrogen and oxygen atoms in total. The minimum Gasteiger partial charge on any atom is -0.492 e. The number of amides is 1. The third-order valence-corrected chi connectivity index (χ3v) is 9.20. The second-order valence-corrected chi connectivity index (χ2v) is 12.1. The molecule has 0 unspecified atom stereocenters. The Kier molecular flexibility index (Phi) is 8.01. The molecule has 2 aromatic rings. The van der Waals surface area contributed by atoms with Gasteiger partial charge in [-0.3, -0.25) is 4.79 Å². The van der Waals surface area contributed by atoms with E-state index < -0.39 is 26.1 Å². The number of rotatable bonds is 9. The lowest BCUT2D eigenvalue weighted by atomic mass is 10.2. The summed E-state index contributed by atoms with van der Waals surface area (Å²) in [7, 11) is -4.43. The van der Waals surface area contributed by atoms with Gasteiger partial charge in [0, 0.05) is 25.7 Å². The van der Waals surface area contributed by atoms with Gasteiger partial charge in [-0.2, -0.15) is 4.31 Å². The Bertz CT molecular complexity index is 1180. The van der Waals surface area contributed by atoms with Crippen LogP contribution in [-0.2, 0) is 24.8 Å². The molecule has 12 heteroatoms. The first-order valence-electron chi connectivity index (χ1n) is 10.2. The van der Waals surface area contributed by atoms with Crippen LogP contribution in [0.15, 0.2) is 58.3 Å². The predicted octanol–water partition coefficient (Wildman–Crippen LogP) is 1.94. The average molecular weight is 516 g/mol. The molecule has 1 saturated heterocycles. The fourth-order valence-corrected chi connectivity index (χ4v) is 6.10. The van der Waals surface area contributed by atoms with Gasteiger partial charge in [0.2, 0.25) is 26.0 Å². The summed E-state index contributed by atoms with van der Waals surface area (Å²) in [6.45, 7) is 0.575. The van der Waals surface area contributed by atoms with Crippen LogP contribution in [0.5, 0.6) is 5.75 Å². The fourth-order valence-electron chi connectivity index (χ4n) is 3.41. The number of nitrogens with zero attached hydrogens (tertiary/aromatic N) is 2. The zero-order valence-electron chi connectivity index (χ0n) is 18.3. The summed E-state index contributed by atoms with van der Waals surface area (Å²) in [4.78, 5) is 12.9. The summed E-state index contributed by atoms with van der Waals surface area (Å²) < 4.78 is 58.0. The van der Waals surface area contributed by atoms with E-state index in [1.54, 1.807) is 0 Å². The van der Waals surface area contributed by atoms with Crippen molar-refractivity contribution in [3.63, 3.8) is 0 Å². The van der Waals surface area contributed by atoms with Crippen molar-refractivity contribution in [2.75, 3.05) is 33.8 Å². The fraction of sp³-hybridized carbons (Fsp3) is 0.381. The van der Waals surface area contributed by atoms with Gasteiger partial charge in [0.15, 0.2) is 0 Å². The third kappa shape index (κ3) is 5.85. The van der Waals surface area contributed by atoms with Crippen LogP contribution in [0.4, 0.5) is 0 Å². The highest BCUT2D eigenvalue weighted by molar-refractivity contribution is 7.89. The van der Waals surface area contributed by atoms with Crippen LogP contribution in [0.2, 0.25) is 5.02 Å². The van der Waals surface area contributed by atoms with Crippen LogP contribution in [0.3, 0.4) is 0 Å². The number of benzene rings is 2. The summed E-state index contributed by atoms with van der Waals surface area (Å²) in [6.07, 6.45) is 1.02. The van der Waals surface area contributed by atoms with E-state index in [9.17, 15) is 21.6 Å². The van der Waals surface area contributed by atoms with Gasteiger partial charge in [-0.1, -0.05) is 11.6 Å². The van der Waals surface area contributed by atoms with Crippen molar-refractivity contribution in [2.45, 2.75) is 28.7 Å². The summed E-state index contributed by atoms with van der Waals surface area (Å²) in [5, 5.41) is 3.14. The molecule has 33 heavy (non-hydrogen) atoms. The van der Waals surface area contributed by atoms with E-state index in [1.807, 2.05) is 0 Å². The van der Waals surface area contributed by atoms with E-state index in [4.69, 9.17) is 16.3 Å². The van der Waals surface area contributed by atoms with E-state index in [0.29, 0.717) is 23.6 Å². The standard InChI is InChI=1S/C21H26ClN3O6S2/c1-24(2)32(27,28)18-11-7-17(8-12-18)31-15-13-23-21(26)20-4-3-14-25(20)33(29,30)19-9-5-16(22)6-10-19/h5-12,20H,3-4,13-15H2,1-2H3,(H,23,26)/t20-/m1/s1. The monoisotopic (exact) mass is 515 g/mol. The summed E-state index contributed by atoms with van der Waals surface area (Å²) in [5.41, 5.74) is 0. The molecule has 0 aliphatic carbocycles. The molecule has 0 radical (unpaired) electrons. The Hall–Kier alpha value is -2.18. The van der Waals surface area contributed by atoms with Crippen LogP contribution < -0.4 is 10.1 Å². The van der Waals surface area contributed by atoms with Gasteiger partial charge in [-0.15, -0.1) is 0 Å².